The molecule has 106 valence electrons. The van der Waals surface area contributed by atoms with Gasteiger partial charge in [-0.2, -0.15) is 5.26 Å². The van der Waals surface area contributed by atoms with E-state index in [4.69, 9.17) is 5.26 Å². The van der Waals surface area contributed by atoms with E-state index in [1.54, 1.807) is 13.0 Å². The molecule has 0 fully saturated rings. The Hall–Kier alpha value is -2.67. The van der Waals surface area contributed by atoms with Crippen LogP contribution in [0.2, 0.25) is 0 Å². The zero-order valence-electron chi connectivity index (χ0n) is 11.6. The molecule has 21 heavy (non-hydrogen) atoms. The molecule has 2 aromatic carbocycles. The Kier molecular flexibility index (Phi) is 4.68. The summed E-state index contributed by atoms with van der Waals surface area (Å²) in [6.07, 6.45) is 0.302. The summed E-state index contributed by atoms with van der Waals surface area (Å²) in [4.78, 5) is 12.1. The Morgan fingerprint density at radius 2 is 2.00 bits per heavy atom. The van der Waals surface area contributed by atoms with Crippen molar-refractivity contribution in [3.05, 3.63) is 65.5 Å². The fourth-order valence-corrected chi connectivity index (χ4v) is 1.99. The maximum absolute atomic E-state index is 13.7. The molecule has 3 nitrogen and oxygen atoms in total. The van der Waals surface area contributed by atoms with E-state index >= 15 is 0 Å². The maximum Gasteiger partial charge on any atom is 0.242 e. The van der Waals surface area contributed by atoms with Gasteiger partial charge < -0.3 is 5.32 Å². The summed E-state index contributed by atoms with van der Waals surface area (Å²) in [6.45, 7) is 1.77. The van der Waals surface area contributed by atoms with Crippen LogP contribution in [-0.2, 0) is 11.2 Å². The normalized spacial score (nSPS) is 11.5. The van der Waals surface area contributed by atoms with E-state index in [0.29, 0.717) is 6.42 Å². The summed E-state index contributed by atoms with van der Waals surface area (Å²) in [5, 5.41) is 11.6. The van der Waals surface area contributed by atoms with E-state index < -0.39 is 17.6 Å². The summed E-state index contributed by atoms with van der Waals surface area (Å²) in [5.74, 6) is -1.85. The lowest BCUT2D eigenvalue weighted by Gasteiger charge is -2.11. The minimum Gasteiger partial charge on any atom is -0.322 e. The number of nitrogens with zero attached hydrogens (tertiary/aromatic N) is 1. The van der Waals surface area contributed by atoms with Gasteiger partial charge in [0.2, 0.25) is 5.91 Å². The number of nitrogens with one attached hydrogen (secondary N) is 1. The first-order valence-electron chi connectivity index (χ1n) is 6.60. The number of nitriles is 1. The van der Waals surface area contributed by atoms with Crippen molar-refractivity contribution in [3.63, 3.8) is 0 Å². The van der Waals surface area contributed by atoms with Crippen LogP contribution in [0.1, 0.15) is 11.1 Å². The van der Waals surface area contributed by atoms with Crippen LogP contribution in [0, 0.1) is 30.0 Å². The largest absolute Gasteiger partial charge is 0.322 e. The van der Waals surface area contributed by atoms with E-state index in [9.17, 15) is 9.18 Å². The Bertz CT molecular complexity index is 677. The van der Waals surface area contributed by atoms with Crippen LogP contribution in [0.15, 0.2) is 48.5 Å². The first-order chi connectivity index (χ1) is 10.1. The summed E-state index contributed by atoms with van der Waals surface area (Å²) in [5.41, 5.74) is 1.76. The standard InChI is InChI=1S/C17H15FN2O/c1-12-7-8-16(15(18)9-12)20-17(21)14(11-19)10-13-5-3-2-4-6-13/h2-9,14H,10H2,1H3,(H,20,21). The summed E-state index contributed by atoms with van der Waals surface area (Å²) >= 11 is 0. The first kappa shape index (κ1) is 14.7. The van der Waals surface area contributed by atoms with Gasteiger partial charge in [-0.05, 0) is 36.6 Å². The lowest BCUT2D eigenvalue weighted by molar-refractivity contribution is -0.118. The van der Waals surface area contributed by atoms with Crippen molar-refractivity contribution >= 4 is 11.6 Å². The number of carbonyl (C=O) groups excluding carboxylic acids is 1. The number of carbonyl (C=O) groups is 1. The smallest absolute Gasteiger partial charge is 0.242 e. The molecule has 0 saturated heterocycles. The highest BCUT2D eigenvalue weighted by molar-refractivity contribution is 5.94. The van der Waals surface area contributed by atoms with Gasteiger partial charge in [-0.15, -0.1) is 0 Å². The second kappa shape index (κ2) is 6.67. The monoisotopic (exact) mass is 282 g/mol. The fourth-order valence-electron chi connectivity index (χ4n) is 1.99. The summed E-state index contributed by atoms with van der Waals surface area (Å²) in [6, 6.07) is 15.8. The van der Waals surface area contributed by atoms with Gasteiger partial charge in [0, 0.05) is 0 Å². The molecule has 1 unspecified atom stereocenters. The van der Waals surface area contributed by atoms with Crippen LogP contribution in [0.5, 0.6) is 0 Å². The third-order valence-electron chi connectivity index (χ3n) is 3.14. The molecule has 2 aromatic rings. The Morgan fingerprint density at radius 1 is 1.29 bits per heavy atom. The van der Waals surface area contributed by atoms with Crippen molar-refractivity contribution in [3.8, 4) is 6.07 Å². The van der Waals surface area contributed by atoms with Crippen LogP contribution in [0.3, 0.4) is 0 Å². The van der Waals surface area contributed by atoms with Crippen LogP contribution in [-0.4, -0.2) is 5.91 Å². The van der Waals surface area contributed by atoms with E-state index in [1.807, 2.05) is 36.4 Å². The predicted octanol–water partition coefficient (Wildman–Crippen LogP) is 3.46. The third kappa shape index (κ3) is 3.90. The quantitative estimate of drug-likeness (QED) is 0.933. The van der Waals surface area contributed by atoms with Gasteiger partial charge in [0.1, 0.15) is 11.7 Å². The molecule has 2 rings (SSSR count). The van der Waals surface area contributed by atoms with Gasteiger partial charge >= 0.3 is 0 Å². The predicted molar refractivity (Wildman–Crippen MR) is 79.0 cm³/mol. The Morgan fingerprint density at radius 3 is 2.62 bits per heavy atom. The first-order valence-corrected chi connectivity index (χ1v) is 6.60. The number of halogens is 1. The SMILES string of the molecule is Cc1ccc(NC(=O)C(C#N)Cc2ccccc2)c(F)c1. The van der Waals surface area contributed by atoms with Crippen molar-refractivity contribution < 1.29 is 9.18 Å². The number of hydrogen-bond acceptors (Lipinski definition) is 2. The highest BCUT2D eigenvalue weighted by Gasteiger charge is 2.19. The van der Waals surface area contributed by atoms with Crippen molar-refractivity contribution in [1.82, 2.24) is 0 Å². The zero-order chi connectivity index (χ0) is 15.2. The van der Waals surface area contributed by atoms with Gasteiger partial charge in [0.05, 0.1) is 11.8 Å². The highest BCUT2D eigenvalue weighted by atomic mass is 19.1. The van der Waals surface area contributed by atoms with Crippen LogP contribution in [0.25, 0.3) is 0 Å². The molecule has 0 aliphatic rings. The number of anilines is 1. The number of rotatable bonds is 4. The van der Waals surface area contributed by atoms with Crippen molar-refractivity contribution in [2.24, 2.45) is 5.92 Å². The molecule has 0 bridgehead atoms. The second-order valence-corrected chi connectivity index (χ2v) is 4.84. The van der Waals surface area contributed by atoms with E-state index in [1.165, 1.54) is 12.1 Å². The highest BCUT2D eigenvalue weighted by Crippen LogP contribution is 2.17. The van der Waals surface area contributed by atoms with Crippen LogP contribution >= 0.6 is 0 Å². The minimum absolute atomic E-state index is 0.0962. The minimum atomic E-state index is -0.854. The van der Waals surface area contributed by atoms with Gasteiger partial charge in [0.25, 0.3) is 0 Å². The Labute approximate surface area is 123 Å². The molecule has 1 atom stereocenters. The van der Waals surface area contributed by atoms with Crippen molar-refractivity contribution in [1.29, 1.82) is 5.26 Å². The number of benzene rings is 2. The molecular formula is C17H15FN2O. The van der Waals surface area contributed by atoms with Crippen molar-refractivity contribution in [2.45, 2.75) is 13.3 Å². The van der Waals surface area contributed by atoms with Gasteiger partial charge in [-0.3, -0.25) is 4.79 Å². The van der Waals surface area contributed by atoms with Crippen molar-refractivity contribution in [2.75, 3.05) is 5.32 Å². The molecule has 0 heterocycles. The van der Waals surface area contributed by atoms with Gasteiger partial charge in [-0.1, -0.05) is 36.4 Å². The molecule has 4 heteroatoms. The summed E-state index contributed by atoms with van der Waals surface area (Å²) < 4.78 is 13.7. The average Bonchev–Trinajstić information content (AvgIpc) is 2.48. The molecular weight excluding hydrogens is 267 g/mol. The molecule has 0 saturated carbocycles. The van der Waals surface area contributed by atoms with E-state index in [0.717, 1.165) is 11.1 Å². The zero-order valence-corrected chi connectivity index (χ0v) is 11.6. The number of hydrogen-bond donors (Lipinski definition) is 1. The van der Waals surface area contributed by atoms with E-state index in [2.05, 4.69) is 5.32 Å². The molecule has 0 aliphatic heterocycles. The lowest BCUT2D eigenvalue weighted by atomic mass is 10.00. The third-order valence-corrected chi connectivity index (χ3v) is 3.14. The molecule has 0 aromatic heterocycles. The second-order valence-electron chi connectivity index (χ2n) is 4.84. The summed E-state index contributed by atoms with van der Waals surface area (Å²) in [7, 11) is 0. The number of aryl methyl sites for hydroxylation is 1. The van der Waals surface area contributed by atoms with Gasteiger partial charge in [-0.25, -0.2) is 4.39 Å². The van der Waals surface area contributed by atoms with Gasteiger partial charge in [0.15, 0.2) is 0 Å². The molecule has 0 aliphatic carbocycles. The molecule has 0 spiro atoms. The fraction of sp³-hybridized carbons (Fsp3) is 0.176. The molecule has 1 amide bonds. The van der Waals surface area contributed by atoms with E-state index in [-0.39, 0.29) is 5.69 Å². The average molecular weight is 282 g/mol. The molecule has 1 N–H and O–H groups in total. The number of amides is 1. The van der Waals surface area contributed by atoms with Crippen LogP contribution in [0.4, 0.5) is 10.1 Å². The lowest BCUT2D eigenvalue weighted by Crippen LogP contribution is -2.24. The maximum atomic E-state index is 13.7. The Balaban J connectivity index is 2.09. The van der Waals surface area contributed by atoms with Crippen LogP contribution < -0.4 is 5.32 Å². The molecule has 0 radical (unpaired) electrons. The topological polar surface area (TPSA) is 52.9 Å².